The highest BCUT2D eigenvalue weighted by atomic mass is 16.3. The molecule has 2 N–H and O–H groups in total. The van der Waals surface area contributed by atoms with E-state index in [1.54, 1.807) is 12.7 Å². The highest BCUT2D eigenvalue weighted by Crippen LogP contribution is 2.29. The van der Waals surface area contributed by atoms with Crippen LogP contribution in [-0.4, -0.2) is 73.3 Å². The summed E-state index contributed by atoms with van der Waals surface area (Å²) >= 11 is 0. The van der Waals surface area contributed by atoms with Crippen LogP contribution in [0, 0.1) is 0 Å². The summed E-state index contributed by atoms with van der Waals surface area (Å²) in [6.07, 6.45) is 2.77. The predicted octanol–water partition coefficient (Wildman–Crippen LogP) is 4.21. The van der Waals surface area contributed by atoms with Crippen molar-refractivity contribution in [1.29, 1.82) is 0 Å². The van der Waals surface area contributed by atoms with Gasteiger partial charge in [-0.25, -0.2) is 15.0 Å². The van der Waals surface area contributed by atoms with E-state index < -0.39 is 6.10 Å². The lowest BCUT2D eigenvalue weighted by atomic mass is 9.96. The van der Waals surface area contributed by atoms with Gasteiger partial charge in [-0.3, -0.25) is 9.80 Å². The van der Waals surface area contributed by atoms with Gasteiger partial charge in [-0.15, -0.1) is 0 Å². The zero-order chi connectivity index (χ0) is 27.1. The highest BCUT2D eigenvalue weighted by Gasteiger charge is 2.27. The number of fused-ring (bicyclic) bond motifs is 1. The Bertz CT molecular complexity index is 1450. The Morgan fingerprint density at radius 1 is 0.725 bits per heavy atom. The Morgan fingerprint density at radius 2 is 1.35 bits per heavy atom. The maximum Gasteiger partial charge on any atom is 0.165 e. The number of anilines is 1. The highest BCUT2D eigenvalue weighted by molar-refractivity contribution is 5.82. The summed E-state index contributed by atoms with van der Waals surface area (Å²) in [5.74, 6) is 0.699. The van der Waals surface area contributed by atoms with Crippen LogP contribution in [0.2, 0.25) is 0 Å². The van der Waals surface area contributed by atoms with Crippen LogP contribution in [0.1, 0.15) is 22.7 Å². The summed E-state index contributed by atoms with van der Waals surface area (Å²) in [5.41, 5.74) is 5.24. The molecule has 8 heteroatoms. The molecule has 1 aliphatic rings. The van der Waals surface area contributed by atoms with Gasteiger partial charge in [0.05, 0.1) is 25.0 Å². The Balaban J connectivity index is 1.06. The Hall–Kier alpha value is -4.11. The van der Waals surface area contributed by atoms with E-state index >= 15 is 0 Å². The van der Waals surface area contributed by atoms with Crippen LogP contribution in [0.15, 0.2) is 104 Å². The number of aromatic nitrogens is 4. The van der Waals surface area contributed by atoms with E-state index in [4.69, 9.17) is 0 Å². The number of aliphatic hydroxyl groups excluding tert-OH is 1. The summed E-state index contributed by atoms with van der Waals surface area (Å²) in [7, 11) is 0. The van der Waals surface area contributed by atoms with Crippen LogP contribution in [0.25, 0.3) is 11.2 Å². The predicted molar refractivity (Wildman–Crippen MR) is 158 cm³/mol. The largest absolute Gasteiger partial charge is 0.390 e. The first-order chi connectivity index (χ1) is 19.7. The Morgan fingerprint density at radius 3 is 2.00 bits per heavy atom. The van der Waals surface area contributed by atoms with Gasteiger partial charge in [0, 0.05) is 39.3 Å². The maximum absolute atomic E-state index is 11.0. The van der Waals surface area contributed by atoms with Crippen LogP contribution in [0.3, 0.4) is 0 Å². The van der Waals surface area contributed by atoms with Gasteiger partial charge in [-0.05, 0) is 16.7 Å². The topological polar surface area (TPSA) is 82.3 Å². The van der Waals surface area contributed by atoms with Gasteiger partial charge >= 0.3 is 0 Å². The van der Waals surface area contributed by atoms with Crippen molar-refractivity contribution in [3.05, 3.63) is 120 Å². The lowest BCUT2D eigenvalue weighted by Crippen LogP contribution is -2.50. The lowest BCUT2D eigenvalue weighted by molar-refractivity contribution is 0.0560. The standard InChI is InChI=1S/C32H35N7O/c40-28(22-39-24-36-29-31(34-23-35-32(29)39)33-20-25-10-4-1-5-11-25)21-37-16-18-38(19-17-37)30(26-12-6-2-7-13-26)27-14-8-3-9-15-27/h1-15,23-24,28,30,40H,16-22H2,(H,33,34,35). The van der Waals surface area contributed by atoms with E-state index in [0.717, 1.165) is 31.8 Å². The first-order valence-corrected chi connectivity index (χ1v) is 13.9. The third-order valence-electron chi connectivity index (χ3n) is 7.58. The van der Waals surface area contributed by atoms with Crippen molar-refractivity contribution in [2.24, 2.45) is 0 Å². The van der Waals surface area contributed by atoms with Gasteiger partial charge < -0.3 is 15.0 Å². The van der Waals surface area contributed by atoms with Crippen LogP contribution in [0.4, 0.5) is 5.82 Å². The van der Waals surface area contributed by atoms with E-state index in [2.05, 4.69) is 103 Å². The number of aliphatic hydroxyl groups is 1. The quantitative estimate of drug-likeness (QED) is 0.278. The number of hydrogen-bond acceptors (Lipinski definition) is 7. The van der Waals surface area contributed by atoms with Crippen molar-refractivity contribution < 1.29 is 5.11 Å². The molecule has 1 unspecified atom stereocenters. The van der Waals surface area contributed by atoms with Crippen molar-refractivity contribution in [1.82, 2.24) is 29.3 Å². The van der Waals surface area contributed by atoms with Crippen molar-refractivity contribution >= 4 is 17.0 Å². The fraction of sp³-hybridized carbons (Fsp3) is 0.281. The van der Waals surface area contributed by atoms with Gasteiger partial charge in [-0.2, -0.15) is 0 Å². The number of nitrogens with zero attached hydrogens (tertiary/aromatic N) is 6. The third-order valence-corrected chi connectivity index (χ3v) is 7.58. The van der Waals surface area contributed by atoms with Crippen LogP contribution < -0.4 is 5.32 Å². The molecule has 1 fully saturated rings. The SMILES string of the molecule is OC(CN1CCN(C(c2ccccc2)c2ccccc2)CC1)Cn1cnc2c(NCc3ccccc3)ncnc21. The zero-order valence-corrected chi connectivity index (χ0v) is 22.5. The molecule has 40 heavy (non-hydrogen) atoms. The summed E-state index contributed by atoms with van der Waals surface area (Å²) in [6.45, 7) is 5.41. The number of imidazole rings is 1. The number of piperazine rings is 1. The number of benzene rings is 3. The average Bonchev–Trinajstić information content (AvgIpc) is 3.42. The van der Waals surface area contributed by atoms with E-state index in [-0.39, 0.29) is 6.04 Å². The molecular weight excluding hydrogens is 498 g/mol. The maximum atomic E-state index is 11.0. The van der Waals surface area contributed by atoms with Crippen molar-refractivity contribution in [2.45, 2.75) is 25.2 Å². The van der Waals surface area contributed by atoms with Gasteiger partial charge in [0.2, 0.25) is 0 Å². The second kappa shape index (κ2) is 12.4. The number of rotatable bonds is 10. The molecule has 204 valence electrons. The molecular formula is C32H35N7O. The molecule has 0 radical (unpaired) electrons. The second-order valence-corrected chi connectivity index (χ2v) is 10.3. The fourth-order valence-corrected chi connectivity index (χ4v) is 5.60. The minimum atomic E-state index is -0.529. The average molecular weight is 534 g/mol. The van der Waals surface area contributed by atoms with E-state index in [0.29, 0.717) is 31.0 Å². The summed E-state index contributed by atoms with van der Waals surface area (Å²) in [4.78, 5) is 18.3. The van der Waals surface area contributed by atoms with Gasteiger partial charge in [-0.1, -0.05) is 91.0 Å². The molecule has 0 bridgehead atoms. The summed E-state index contributed by atoms with van der Waals surface area (Å²) < 4.78 is 1.92. The molecule has 1 aliphatic heterocycles. The molecule has 3 aromatic carbocycles. The van der Waals surface area contributed by atoms with Crippen LogP contribution in [-0.2, 0) is 13.1 Å². The smallest absolute Gasteiger partial charge is 0.165 e. The Labute approximate surface area is 235 Å². The normalized spacial score (nSPS) is 15.4. The summed E-state index contributed by atoms with van der Waals surface area (Å²) in [5, 5.41) is 14.4. The zero-order valence-electron chi connectivity index (χ0n) is 22.5. The molecule has 1 atom stereocenters. The number of nitrogens with one attached hydrogen (secondary N) is 1. The molecule has 0 spiro atoms. The van der Waals surface area contributed by atoms with Crippen molar-refractivity contribution in [3.8, 4) is 0 Å². The molecule has 2 aromatic heterocycles. The van der Waals surface area contributed by atoms with E-state index in [1.807, 2.05) is 22.8 Å². The van der Waals surface area contributed by atoms with Crippen LogP contribution in [0.5, 0.6) is 0 Å². The number of β-amino-alcohol motifs (C(OH)–C–C–N with tert-alkyl or cyclic N) is 1. The molecule has 6 rings (SSSR count). The molecule has 0 saturated carbocycles. The molecule has 8 nitrogen and oxygen atoms in total. The fourth-order valence-electron chi connectivity index (χ4n) is 5.60. The molecule has 3 heterocycles. The van der Waals surface area contributed by atoms with E-state index in [9.17, 15) is 5.11 Å². The van der Waals surface area contributed by atoms with Gasteiger partial charge in [0.1, 0.15) is 11.8 Å². The molecule has 5 aromatic rings. The lowest BCUT2D eigenvalue weighted by Gasteiger charge is -2.40. The minimum absolute atomic E-state index is 0.233. The first-order valence-electron chi connectivity index (χ1n) is 13.9. The number of hydrogen-bond donors (Lipinski definition) is 2. The minimum Gasteiger partial charge on any atom is -0.390 e. The van der Waals surface area contributed by atoms with Crippen LogP contribution >= 0.6 is 0 Å². The van der Waals surface area contributed by atoms with Crippen molar-refractivity contribution in [2.75, 3.05) is 38.0 Å². The van der Waals surface area contributed by atoms with Crippen molar-refractivity contribution in [3.63, 3.8) is 0 Å². The van der Waals surface area contributed by atoms with E-state index in [1.165, 1.54) is 16.7 Å². The van der Waals surface area contributed by atoms with Gasteiger partial charge in [0.25, 0.3) is 0 Å². The Kier molecular flexibility index (Phi) is 8.09. The van der Waals surface area contributed by atoms with Gasteiger partial charge in [0.15, 0.2) is 11.5 Å². The molecule has 1 saturated heterocycles. The monoisotopic (exact) mass is 533 g/mol. The summed E-state index contributed by atoms with van der Waals surface area (Å²) in [6, 6.07) is 31.9. The second-order valence-electron chi connectivity index (χ2n) is 10.3. The molecule has 0 amide bonds. The third kappa shape index (κ3) is 6.04. The first kappa shape index (κ1) is 26.1. The molecule has 0 aliphatic carbocycles.